The molecular formula is C11H11F2N3O5. The lowest BCUT2D eigenvalue weighted by Crippen LogP contribution is -2.46. The highest BCUT2D eigenvalue weighted by atomic mass is 19.1. The summed E-state index contributed by atoms with van der Waals surface area (Å²) in [5.74, 6) is 3.65. The molecular weight excluding hydrogens is 292 g/mol. The highest BCUT2D eigenvalue weighted by molar-refractivity contribution is 5.23. The third kappa shape index (κ3) is 2.58. The number of hydrogen-bond acceptors (Lipinski definition) is 6. The van der Waals surface area contributed by atoms with Crippen LogP contribution in [0.25, 0.3) is 0 Å². The molecule has 1 aromatic rings. The van der Waals surface area contributed by atoms with Crippen molar-refractivity contribution in [3.05, 3.63) is 27.0 Å². The minimum atomic E-state index is -2.87. The number of nitrogens with one attached hydrogen (secondary N) is 1. The Hall–Kier alpha value is -2.09. The minimum Gasteiger partial charge on any atom is -0.394 e. The van der Waals surface area contributed by atoms with Gasteiger partial charge < -0.3 is 14.9 Å². The quantitative estimate of drug-likeness (QED) is 0.537. The van der Waals surface area contributed by atoms with E-state index in [2.05, 4.69) is 5.10 Å². The Morgan fingerprint density at radius 1 is 1.57 bits per heavy atom. The standard InChI is InChI=1S/C11H11F2N3O5/c12-3-1-2-11(13)8(19)6(5-17)21-9(11)16-10(20)15-7(18)4-14-16/h4,6,8-9,17,19H,3,5H2,(H,15,18,20)/t6?,8-,9?,11?/m0/s1. The van der Waals surface area contributed by atoms with E-state index in [-0.39, 0.29) is 0 Å². The largest absolute Gasteiger partial charge is 0.394 e. The van der Waals surface area contributed by atoms with E-state index in [1.54, 1.807) is 0 Å². The fourth-order valence-corrected chi connectivity index (χ4v) is 1.97. The van der Waals surface area contributed by atoms with E-state index in [1.807, 2.05) is 16.8 Å². The van der Waals surface area contributed by atoms with Gasteiger partial charge in [0.2, 0.25) is 11.9 Å². The van der Waals surface area contributed by atoms with Crippen LogP contribution in [0.3, 0.4) is 0 Å². The van der Waals surface area contributed by atoms with Crippen LogP contribution in [0.4, 0.5) is 8.78 Å². The van der Waals surface area contributed by atoms with Crippen LogP contribution in [0, 0.1) is 11.8 Å². The lowest BCUT2D eigenvalue weighted by atomic mass is 9.97. The summed E-state index contributed by atoms with van der Waals surface area (Å²) in [6, 6.07) is 0. The molecule has 2 heterocycles. The SMILES string of the molecule is O=c1cnn(C2OC(CO)[C@H](O)C2(F)C#CCF)c(=O)[nH]1. The van der Waals surface area contributed by atoms with E-state index >= 15 is 0 Å². The number of alkyl halides is 2. The lowest BCUT2D eigenvalue weighted by molar-refractivity contribution is -0.0611. The summed E-state index contributed by atoms with van der Waals surface area (Å²) in [5, 5.41) is 22.3. The normalized spacial score (nSPS) is 31.7. The van der Waals surface area contributed by atoms with Crippen molar-refractivity contribution in [3.8, 4) is 11.8 Å². The molecule has 3 unspecified atom stereocenters. The maximum Gasteiger partial charge on any atom is 0.347 e. The van der Waals surface area contributed by atoms with E-state index in [0.717, 1.165) is 0 Å². The van der Waals surface area contributed by atoms with E-state index in [0.29, 0.717) is 10.9 Å². The van der Waals surface area contributed by atoms with Gasteiger partial charge in [-0.15, -0.1) is 0 Å². The number of aliphatic hydroxyl groups excluding tert-OH is 2. The van der Waals surface area contributed by atoms with Crippen molar-refractivity contribution in [1.82, 2.24) is 14.8 Å². The van der Waals surface area contributed by atoms with Crippen LogP contribution in [0.5, 0.6) is 0 Å². The van der Waals surface area contributed by atoms with Crippen molar-refractivity contribution < 1.29 is 23.7 Å². The number of aromatic amines is 1. The van der Waals surface area contributed by atoms with Crippen molar-refractivity contribution in [3.63, 3.8) is 0 Å². The first-order valence-electron chi connectivity index (χ1n) is 5.81. The monoisotopic (exact) mass is 303 g/mol. The van der Waals surface area contributed by atoms with Crippen molar-refractivity contribution >= 4 is 0 Å². The van der Waals surface area contributed by atoms with Gasteiger partial charge in [0.05, 0.1) is 6.61 Å². The first-order chi connectivity index (χ1) is 9.93. The Morgan fingerprint density at radius 2 is 2.29 bits per heavy atom. The number of halogens is 2. The Bertz CT molecular complexity index is 693. The molecule has 1 aliphatic rings. The zero-order chi connectivity index (χ0) is 15.6. The highest BCUT2D eigenvalue weighted by Crippen LogP contribution is 2.40. The maximum atomic E-state index is 14.8. The molecule has 0 amide bonds. The van der Waals surface area contributed by atoms with Gasteiger partial charge in [-0.25, -0.2) is 13.6 Å². The van der Waals surface area contributed by atoms with Crippen LogP contribution in [0.2, 0.25) is 0 Å². The average Bonchev–Trinajstić information content (AvgIpc) is 2.70. The van der Waals surface area contributed by atoms with Gasteiger partial charge in [0.25, 0.3) is 5.56 Å². The molecule has 1 saturated heterocycles. The van der Waals surface area contributed by atoms with Gasteiger partial charge in [-0.05, 0) is 0 Å². The zero-order valence-corrected chi connectivity index (χ0v) is 10.5. The Labute approximate surface area is 116 Å². The van der Waals surface area contributed by atoms with E-state index < -0.39 is 48.6 Å². The highest BCUT2D eigenvalue weighted by Gasteiger charge is 2.58. The molecule has 1 fully saturated rings. The topological polar surface area (TPSA) is 117 Å². The van der Waals surface area contributed by atoms with Crippen molar-refractivity contribution in [2.24, 2.45) is 0 Å². The number of rotatable bonds is 2. The molecule has 1 aromatic heterocycles. The predicted molar refractivity (Wildman–Crippen MR) is 63.7 cm³/mol. The summed E-state index contributed by atoms with van der Waals surface area (Å²) in [6.07, 6.45) is -4.44. The molecule has 0 saturated carbocycles. The average molecular weight is 303 g/mol. The molecule has 10 heteroatoms. The van der Waals surface area contributed by atoms with Gasteiger partial charge in [-0.3, -0.25) is 9.78 Å². The van der Waals surface area contributed by atoms with Gasteiger partial charge in [0.15, 0.2) is 0 Å². The first kappa shape index (κ1) is 15.3. The van der Waals surface area contributed by atoms with E-state index in [9.17, 15) is 23.5 Å². The summed E-state index contributed by atoms with van der Waals surface area (Å²) in [6.45, 7) is -1.93. The Balaban J connectivity index is 2.53. The fraction of sp³-hybridized carbons (Fsp3) is 0.545. The van der Waals surface area contributed by atoms with Gasteiger partial charge in [-0.1, -0.05) is 11.8 Å². The summed E-state index contributed by atoms with van der Waals surface area (Å²) in [5.41, 5.74) is -4.77. The van der Waals surface area contributed by atoms with Crippen molar-refractivity contribution in [2.75, 3.05) is 13.3 Å². The van der Waals surface area contributed by atoms with Crippen LogP contribution in [0.15, 0.2) is 15.8 Å². The summed E-state index contributed by atoms with van der Waals surface area (Å²) in [7, 11) is 0. The molecule has 0 aliphatic carbocycles. The number of H-pyrrole nitrogens is 1. The van der Waals surface area contributed by atoms with Crippen LogP contribution in [0.1, 0.15) is 6.23 Å². The van der Waals surface area contributed by atoms with E-state index in [1.165, 1.54) is 0 Å². The number of hydrogen-bond donors (Lipinski definition) is 3. The van der Waals surface area contributed by atoms with Gasteiger partial charge in [0, 0.05) is 0 Å². The van der Waals surface area contributed by atoms with Gasteiger partial charge in [0.1, 0.15) is 25.1 Å². The second-order valence-corrected chi connectivity index (χ2v) is 4.24. The van der Waals surface area contributed by atoms with E-state index in [4.69, 9.17) is 9.84 Å². The Kier molecular flexibility index (Phi) is 4.17. The summed E-state index contributed by atoms with van der Waals surface area (Å²) < 4.78 is 32.4. The molecule has 8 nitrogen and oxygen atoms in total. The minimum absolute atomic E-state index is 0.424. The van der Waals surface area contributed by atoms with Crippen molar-refractivity contribution in [2.45, 2.75) is 24.1 Å². The second kappa shape index (κ2) is 5.72. The molecule has 1 aliphatic heterocycles. The smallest absolute Gasteiger partial charge is 0.347 e. The molecule has 21 heavy (non-hydrogen) atoms. The maximum absolute atomic E-state index is 14.8. The second-order valence-electron chi connectivity index (χ2n) is 4.24. The molecule has 4 atom stereocenters. The summed E-state index contributed by atoms with van der Waals surface area (Å²) >= 11 is 0. The Morgan fingerprint density at radius 3 is 2.86 bits per heavy atom. The summed E-state index contributed by atoms with van der Waals surface area (Å²) in [4.78, 5) is 24.4. The molecule has 114 valence electrons. The number of aromatic nitrogens is 3. The van der Waals surface area contributed by atoms with Crippen LogP contribution < -0.4 is 11.2 Å². The van der Waals surface area contributed by atoms with Crippen LogP contribution in [-0.4, -0.2) is 56.1 Å². The fourth-order valence-electron chi connectivity index (χ4n) is 1.97. The molecule has 2 rings (SSSR count). The van der Waals surface area contributed by atoms with Crippen molar-refractivity contribution in [1.29, 1.82) is 0 Å². The zero-order valence-electron chi connectivity index (χ0n) is 10.5. The third-order valence-corrected chi connectivity index (χ3v) is 2.93. The van der Waals surface area contributed by atoms with Gasteiger partial charge >= 0.3 is 5.69 Å². The van der Waals surface area contributed by atoms with Crippen LogP contribution >= 0.6 is 0 Å². The number of nitrogens with zero attached hydrogens (tertiary/aromatic N) is 2. The number of ether oxygens (including phenoxy) is 1. The third-order valence-electron chi connectivity index (χ3n) is 2.93. The number of aliphatic hydroxyl groups is 2. The lowest BCUT2D eigenvalue weighted by Gasteiger charge is -2.22. The predicted octanol–water partition coefficient (Wildman–Crippen LogP) is -2.14. The molecule has 0 radical (unpaired) electrons. The molecule has 0 bridgehead atoms. The van der Waals surface area contributed by atoms with Gasteiger partial charge in [-0.2, -0.15) is 9.78 Å². The molecule has 0 spiro atoms. The molecule has 3 N–H and O–H groups in total. The molecule has 0 aromatic carbocycles. The first-order valence-corrected chi connectivity index (χ1v) is 5.81. The van der Waals surface area contributed by atoms with Crippen LogP contribution in [-0.2, 0) is 4.74 Å².